The van der Waals surface area contributed by atoms with E-state index in [1.54, 1.807) is 0 Å². The van der Waals surface area contributed by atoms with Crippen LogP contribution >= 0.6 is 0 Å². The molecule has 1 aromatic carbocycles. The molecule has 0 saturated carbocycles. The number of rotatable bonds is 4. The maximum absolute atomic E-state index is 12.2. The molecule has 2 rings (SSSR count). The average molecular weight is 277 g/mol. The summed E-state index contributed by atoms with van der Waals surface area (Å²) >= 11 is 0. The minimum Gasteiger partial charge on any atom is -0.409 e. The molecule has 1 aliphatic rings. The molecule has 1 saturated heterocycles. The van der Waals surface area contributed by atoms with Crippen LogP contribution < -0.4 is 11.1 Å². The van der Waals surface area contributed by atoms with Crippen molar-refractivity contribution in [3.05, 3.63) is 35.9 Å². The molecule has 6 nitrogen and oxygen atoms in total. The van der Waals surface area contributed by atoms with E-state index in [0.717, 1.165) is 12.0 Å². The third-order valence-corrected chi connectivity index (χ3v) is 3.48. The predicted octanol–water partition coefficient (Wildman–Crippen LogP) is 1.02. The largest absolute Gasteiger partial charge is 0.409 e. The maximum Gasteiger partial charge on any atom is 0.250 e. The number of amides is 1. The van der Waals surface area contributed by atoms with Gasteiger partial charge in [-0.15, -0.1) is 0 Å². The summed E-state index contributed by atoms with van der Waals surface area (Å²) in [6.07, 6.45) is 0.380. The van der Waals surface area contributed by atoms with E-state index in [1.165, 1.54) is 0 Å². The summed E-state index contributed by atoms with van der Waals surface area (Å²) in [5, 5.41) is 14.7. The summed E-state index contributed by atoms with van der Waals surface area (Å²) in [7, 11) is 0. The van der Waals surface area contributed by atoms with E-state index < -0.39 is 12.1 Å². The van der Waals surface area contributed by atoms with Crippen molar-refractivity contribution >= 4 is 11.7 Å². The Balaban J connectivity index is 2.15. The highest BCUT2D eigenvalue weighted by atomic mass is 16.5. The number of carbonyl (C=O) groups is 1. The van der Waals surface area contributed by atoms with E-state index in [4.69, 9.17) is 15.7 Å². The Kier molecular flexibility index (Phi) is 4.57. The van der Waals surface area contributed by atoms with E-state index in [2.05, 4.69) is 10.5 Å². The Morgan fingerprint density at radius 2 is 2.20 bits per heavy atom. The zero-order chi connectivity index (χ0) is 14.5. The van der Waals surface area contributed by atoms with E-state index in [1.807, 2.05) is 37.3 Å². The lowest BCUT2D eigenvalue weighted by atomic mass is 10.0. The SMILES string of the molecule is CC1CCOC1C(=O)NC(/C(N)=N/O)c1ccccc1. The fraction of sp³-hybridized carbons (Fsp3) is 0.429. The summed E-state index contributed by atoms with van der Waals surface area (Å²) < 4.78 is 5.42. The van der Waals surface area contributed by atoms with Crippen molar-refractivity contribution in [1.82, 2.24) is 5.32 Å². The molecule has 0 aliphatic carbocycles. The zero-order valence-corrected chi connectivity index (χ0v) is 11.3. The molecule has 1 aliphatic heterocycles. The van der Waals surface area contributed by atoms with Crippen molar-refractivity contribution in [3.8, 4) is 0 Å². The molecule has 1 heterocycles. The number of nitrogens with two attached hydrogens (primary N) is 1. The molecule has 4 N–H and O–H groups in total. The molecule has 0 radical (unpaired) electrons. The lowest BCUT2D eigenvalue weighted by molar-refractivity contribution is -0.131. The Morgan fingerprint density at radius 1 is 1.50 bits per heavy atom. The molecule has 20 heavy (non-hydrogen) atoms. The molecule has 6 heteroatoms. The number of amidine groups is 1. The highest BCUT2D eigenvalue weighted by molar-refractivity contribution is 5.92. The van der Waals surface area contributed by atoms with Gasteiger partial charge >= 0.3 is 0 Å². The topological polar surface area (TPSA) is 96.9 Å². The van der Waals surface area contributed by atoms with E-state index in [9.17, 15) is 4.79 Å². The molecule has 3 unspecified atom stereocenters. The van der Waals surface area contributed by atoms with E-state index >= 15 is 0 Å². The van der Waals surface area contributed by atoms with Gasteiger partial charge in [0.2, 0.25) is 5.91 Å². The molecule has 0 bridgehead atoms. The fourth-order valence-electron chi connectivity index (χ4n) is 2.29. The molecule has 0 spiro atoms. The second-order valence-electron chi connectivity index (χ2n) is 4.93. The third-order valence-electron chi connectivity index (χ3n) is 3.48. The fourth-order valence-corrected chi connectivity index (χ4v) is 2.29. The maximum atomic E-state index is 12.2. The van der Waals surface area contributed by atoms with Crippen molar-refractivity contribution in [2.75, 3.05) is 6.61 Å². The highest BCUT2D eigenvalue weighted by Gasteiger charge is 2.33. The van der Waals surface area contributed by atoms with Gasteiger partial charge in [-0.2, -0.15) is 0 Å². The minimum absolute atomic E-state index is 0.0600. The van der Waals surface area contributed by atoms with Crippen LogP contribution in [0.5, 0.6) is 0 Å². The van der Waals surface area contributed by atoms with Crippen LogP contribution in [-0.2, 0) is 9.53 Å². The molecule has 1 aromatic rings. The number of nitrogens with zero attached hydrogens (tertiary/aromatic N) is 1. The Bertz CT molecular complexity index is 490. The number of benzene rings is 1. The number of oxime groups is 1. The first-order chi connectivity index (χ1) is 9.63. The first-order valence-corrected chi connectivity index (χ1v) is 6.58. The van der Waals surface area contributed by atoms with E-state index in [0.29, 0.717) is 6.61 Å². The van der Waals surface area contributed by atoms with Crippen molar-refractivity contribution < 1.29 is 14.7 Å². The lowest BCUT2D eigenvalue weighted by Gasteiger charge is -2.21. The standard InChI is InChI=1S/C14H19N3O3/c1-9-7-8-20-12(9)14(18)16-11(13(15)17-19)10-5-3-2-4-6-10/h2-6,9,11-12,19H,7-8H2,1H3,(H2,15,17)(H,16,18). The van der Waals surface area contributed by atoms with Gasteiger partial charge in [0.25, 0.3) is 0 Å². The first-order valence-electron chi connectivity index (χ1n) is 6.58. The number of ether oxygens (including phenoxy) is 1. The van der Waals surface area contributed by atoms with Gasteiger partial charge in [-0.1, -0.05) is 42.4 Å². The molecule has 3 atom stereocenters. The first kappa shape index (κ1) is 14.3. The number of nitrogens with one attached hydrogen (secondary N) is 1. The molecule has 0 aromatic heterocycles. The van der Waals surface area contributed by atoms with Crippen LogP contribution in [0, 0.1) is 5.92 Å². The van der Waals surface area contributed by atoms with Crippen molar-refractivity contribution in [1.29, 1.82) is 0 Å². The highest BCUT2D eigenvalue weighted by Crippen LogP contribution is 2.21. The van der Waals surface area contributed by atoms with Crippen LogP contribution in [0.3, 0.4) is 0 Å². The Morgan fingerprint density at radius 3 is 2.75 bits per heavy atom. The number of hydrogen-bond donors (Lipinski definition) is 3. The molecule has 1 amide bonds. The summed E-state index contributed by atoms with van der Waals surface area (Å²) in [5.74, 6) is -0.135. The lowest BCUT2D eigenvalue weighted by Crippen LogP contribution is -2.44. The normalized spacial score (nSPS) is 24.4. The molecule has 1 fully saturated rings. The van der Waals surface area contributed by atoms with Gasteiger partial charge in [-0.3, -0.25) is 4.79 Å². The van der Waals surface area contributed by atoms with Gasteiger partial charge in [0.15, 0.2) is 5.84 Å². The van der Waals surface area contributed by atoms with Crippen LogP contribution in [0.25, 0.3) is 0 Å². The second-order valence-corrected chi connectivity index (χ2v) is 4.93. The molecular weight excluding hydrogens is 258 g/mol. The van der Waals surface area contributed by atoms with Gasteiger partial charge < -0.3 is 21.0 Å². The predicted molar refractivity (Wildman–Crippen MR) is 74.3 cm³/mol. The van der Waals surface area contributed by atoms with Crippen molar-refractivity contribution in [2.45, 2.75) is 25.5 Å². The smallest absolute Gasteiger partial charge is 0.250 e. The number of hydrogen-bond acceptors (Lipinski definition) is 4. The van der Waals surface area contributed by atoms with Crippen LogP contribution in [0.1, 0.15) is 24.9 Å². The van der Waals surface area contributed by atoms with Gasteiger partial charge in [0.1, 0.15) is 12.1 Å². The van der Waals surface area contributed by atoms with Gasteiger partial charge in [-0.25, -0.2) is 0 Å². The number of carbonyl (C=O) groups excluding carboxylic acids is 1. The third kappa shape index (κ3) is 3.08. The van der Waals surface area contributed by atoms with E-state index in [-0.39, 0.29) is 17.7 Å². The van der Waals surface area contributed by atoms with Crippen LogP contribution in [0.2, 0.25) is 0 Å². The zero-order valence-electron chi connectivity index (χ0n) is 11.3. The van der Waals surface area contributed by atoms with Gasteiger partial charge in [0.05, 0.1) is 0 Å². The van der Waals surface area contributed by atoms with Crippen molar-refractivity contribution in [3.63, 3.8) is 0 Å². The Hall–Kier alpha value is -2.08. The molecular formula is C14H19N3O3. The summed E-state index contributed by atoms with van der Waals surface area (Å²) in [6.45, 7) is 2.55. The van der Waals surface area contributed by atoms with Gasteiger partial charge in [0, 0.05) is 6.61 Å². The quantitative estimate of drug-likeness (QED) is 0.331. The molecule has 108 valence electrons. The summed E-state index contributed by atoms with van der Waals surface area (Å²) in [5.41, 5.74) is 6.43. The van der Waals surface area contributed by atoms with Gasteiger partial charge in [-0.05, 0) is 17.9 Å². The average Bonchev–Trinajstić information content (AvgIpc) is 2.91. The minimum atomic E-state index is -0.662. The van der Waals surface area contributed by atoms with Crippen LogP contribution in [-0.4, -0.2) is 29.7 Å². The van der Waals surface area contributed by atoms with Crippen molar-refractivity contribution in [2.24, 2.45) is 16.8 Å². The monoisotopic (exact) mass is 277 g/mol. The van der Waals surface area contributed by atoms with Crippen LogP contribution in [0.4, 0.5) is 0 Å². The van der Waals surface area contributed by atoms with Crippen LogP contribution in [0.15, 0.2) is 35.5 Å². The second kappa shape index (κ2) is 6.38. The Labute approximate surface area is 117 Å². The summed E-state index contributed by atoms with van der Waals surface area (Å²) in [4.78, 5) is 12.2. The summed E-state index contributed by atoms with van der Waals surface area (Å²) in [6, 6.07) is 8.47.